The Labute approximate surface area is 266 Å². The first-order valence-electron chi connectivity index (χ1n) is 14.4. The van der Waals surface area contributed by atoms with E-state index in [1.165, 1.54) is 24.3 Å². The third kappa shape index (κ3) is 10.1. The Kier molecular flexibility index (Phi) is 12.5. The summed E-state index contributed by atoms with van der Waals surface area (Å²) in [6.45, 7) is 6.12. The SMILES string of the molecule is CC(C)COc1ccc([C@H](C)NC(=O)C(C(=O)NCCc2ccc(C(P(=O)(O)O)P(=O)(O)O)cc2)c2ccccc2)cc1C(N)=O. The minimum absolute atomic E-state index is 0.0879. The molecule has 0 saturated carbocycles. The van der Waals surface area contributed by atoms with Crippen LogP contribution in [-0.2, 0) is 25.1 Å². The third-order valence-electron chi connectivity index (χ3n) is 6.99. The monoisotopic (exact) mass is 675 g/mol. The quantitative estimate of drug-likeness (QED) is 0.0917. The van der Waals surface area contributed by atoms with Gasteiger partial charge in [-0.1, -0.05) is 74.5 Å². The summed E-state index contributed by atoms with van der Waals surface area (Å²) in [5.74, 6) is -2.50. The molecule has 8 N–H and O–H groups in total. The zero-order chi connectivity index (χ0) is 34.2. The molecular formula is C31H39N3O10P2. The summed E-state index contributed by atoms with van der Waals surface area (Å²) < 4.78 is 29.1. The maximum atomic E-state index is 13.5. The van der Waals surface area contributed by atoms with E-state index >= 15 is 0 Å². The van der Waals surface area contributed by atoms with Gasteiger partial charge in [-0.25, -0.2) is 0 Å². The van der Waals surface area contributed by atoms with Crippen molar-refractivity contribution in [1.82, 2.24) is 10.6 Å². The summed E-state index contributed by atoms with van der Waals surface area (Å²) in [6, 6.07) is 18.0. The minimum atomic E-state index is -5.15. The molecule has 0 aliphatic heterocycles. The van der Waals surface area contributed by atoms with E-state index in [-0.39, 0.29) is 30.0 Å². The highest BCUT2D eigenvalue weighted by atomic mass is 31.2. The third-order valence-corrected chi connectivity index (χ3v) is 10.7. The maximum Gasteiger partial charge on any atom is 0.345 e. The molecule has 2 atom stereocenters. The fourth-order valence-electron chi connectivity index (χ4n) is 4.71. The predicted molar refractivity (Wildman–Crippen MR) is 171 cm³/mol. The van der Waals surface area contributed by atoms with Gasteiger partial charge in [0.25, 0.3) is 5.91 Å². The molecule has 0 spiro atoms. The molecule has 3 aromatic carbocycles. The second kappa shape index (κ2) is 15.6. The molecule has 0 radical (unpaired) electrons. The van der Waals surface area contributed by atoms with Crippen molar-refractivity contribution in [2.45, 2.75) is 44.6 Å². The topological polar surface area (TPSA) is 226 Å². The van der Waals surface area contributed by atoms with Crippen molar-refractivity contribution in [2.75, 3.05) is 13.2 Å². The second-order valence-electron chi connectivity index (χ2n) is 11.2. The fourth-order valence-corrected chi connectivity index (χ4v) is 7.40. The van der Waals surface area contributed by atoms with E-state index in [9.17, 15) is 43.1 Å². The largest absolute Gasteiger partial charge is 0.492 e. The lowest BCUT2D eigenvalue weighted by molar-refractivity contribution is -0.132. The molecule has 0 aromatic heterocycles. The minimum Gasteiger partial charge on any atom is -0.492 e. The van der Waals surface area contributed by atoms with Crippen molar-refractivity contribution in [3.63, 3.8) is 0 Å². The summed E-state index contributed by atoms with van der Waals surface area (Å²) in [4.78, 5) is 76.8. The molecule has 0 aliphatic rings. The number of primary amides is 1. The molecule has 0 aliphatic carbocycles. The highest BCUT2D eigenvalue weighted by Crippen LogP contribution is 2.69. The van der Waals surface area contributed by atoms with Crippen molar-refractivity contribution in [1.29, 1.82) is 0 Å². The Balaban J connectivity index is 1.72. The summed E-state index contributed by atoms with van der Waals surface area (Å²) in [6.07, 6.45) is 0.253. The first-order valence-corrected chi connectivity index (χ1v) is 17.7. The molecule has 46 heavy (non-hydrogen) atoms. The van der Waals surface area contributed by atoms with E-state index in [4.69, 9.17) is 10.5 Å². The first-order chi connectivity index (χ1) is 21.5. The molecule has 0 heterocycles. The van der Waals surface area contributed by atoms with Crippen LogP contribution in [0.3, 0.4) is 0 Å². The van der Waals surface area contributed by atoms with Crippen molar-refractivity contribution in [3.05, 3.63) is 101 Å². The van der Waals surface area contributed by atoms with Crippen molar-refractivity contribution in [3.8, 4) is 5.75 Å². The number of hydrogen-bond acceptors (Lipinski definition) is 6. The number of hydrogen-bond donors (Lipinski definition) is 7. The lowest BCUT2D eigenvalue weighted by Crippen LogP contribution is -2.41. The zero-order valence-electron chi connectivity index (χ0n) is 25.6. The van der Waals surface area contributed by atoms with Gasteiger partial charge in [0.1, 0.15) is 11.7 Å². The highest BCUT2D eigenvalue weighted by molar-refractivity contribution is 7.70. The smallest absolute Gasteiger partial charge is 0.345 e. The normalized spacial score (nSPS) is 13.2. The number of carbonyl (C=O) groups is 3. The van der Waals surface area contributed by atoms with Gasteiger partial charge in [-0.3, -0.25) is 23.5 Å². The molecule has 0 saturated heterocycles. The van der Waals surface area contributed by atoms with Crippen molar-refractivity contribution >= 4 is 32.9 Å². The van der Waals surface area contributed by atoms with E-state index in [0.29, 0.717) is 29.0 Å². The molecule has 3 amide bonds. The summed E-state index contributed by atoms with van der Waals surface area (Å²) >= 11 is 0. The molecule has 0 bridgehead atoms. The van der Waals surface area contributed by atoms with Crippen molar-refractivity contribution < 1.29 is 47.8 Å². The van der Waals surface area contributed by atoms with E-state index in [1.807, 2.05) is 13.8 Å². The van der Waals surface area contributed by atoms with Gasteiger partial charge in [0.15, 0.2) is 5.40 Å². The van der Waals surface area contributed by atoms with Gasteiger partial charge in [0.05, 0.1) is 18.2 Å². The fraction of sp³-hybridized carbons (Fsp3) is 0.323. The molecule has 1 unspecified atom stereocenters. The lowest BCUT2D eigenvalue weighted by Gasteiger charge is -2.22. The first kappa shape index (κ1) is 36.6. The number of benzene rings is 3. The van der Waals surface area contributed by atoms with Crippen LogP contribution >= 0.6 is 15.2 Å². The number of nitrogens with one attached hydrogen (secondary N) is 2. The van der Waals surface area contributed by atoms with Crippen LogP contribution in [0.5, 0.6) is 5.75 Å². The number of ether oxygens (including phenoxy) is 1. The van der Waals surface area contributed by atoms with Gasteiger partial charge < -0.3 is 40.7 Å². The highest BCUT2D eigenvalue weighted by Gasteiger charge is 2.44. The van der Waals surface area contributed by atoms with Gasteiger partial charge in [-0.2, -0.15) is 0 Å². The van der Waals surface area contributed by atoms with E-state index in [0.717, 1.165) is 0 Å². The van der Waals surface area contributed by atoms with Crippen LogP contribution in [-0.4, -0.2) is 50.4 Å². The van der Waals surface area contributed by atoms with E-state index in [2.05, 4.69) is 10.6 Å². The number of rotatable bonds is 15. The molecule has 13 nitrogen and oxygen atoms in total. The predicted octanol–water partition coefficient (Wildman–Crippen LogP) is 3.49. The van der Waals surface area contributed by atoms with E-state index < -0.39 is 50.3 Å². The average Bonchev–Trinajstić information content (AvgIpc) is 2.96. The van der Waals surface area contributed by atoms with Gasteiger partial charge in [0.2, 0.25) is 11.8 Å². The Morgan fingerprint density at radius 3 is 1.93 bits per heavy atom. The Morgan fingerprint density at radius 2 is 1.39 bits per heavy atom. The molecular weight excluding hydrogens is 636 g/mol. The molecule has 15 heteroatoms. The zero-order valence-corrected chi connectivity index (χ0v) is 27.4. The Bertz CT molecular complexity index is 1600. The van der Waals surface area contributed by atoms with Crippen LogP contribution in [0.4, 0.5) is 0 Å². The lowest BCUT2D eigenvalue weighted by atomic mass is 9.96. The van der Waals surface area contributed by atoms with Crippen LogP contribution in [0.25, 0.3) is 0 Å². The molecule has 248 valence electrons. The van der Waals surface area contributed by atoms with Crippen molar-refractivity contribution in [2.24, 2.45) is 11.7 Å². The van der Waals surface area contributed by atoms with Crippen LogP contribution in [0.1, 0.15) is 70.7 Å². The van der Waals surface area contributed by atoms with Gasteiger partial charge in [-0.15, -0.1) is 0 Å². The number of amides is 3. The summed E-state index contributed by atoms with van der Waals surface area (Å²) in [5, 5.41) is 3.30. The van der Waals surface area contributed by atoms with Gasteiger partial charge in [-0.05, 0) is 53.6 Å². The Hall–Kier alpha value is -3.83. The molecule has 3 aromatic rings. The van der Waals surface area contributed by atoms with Crippen LogP contribution in [0.2, 0.25) is 0 Å². The van der Waals surface area contributed by atoms with Gasteiger partial charge >= 0.3 is 15.2 Å². The van der Waals surface area contributed by atoms with E-state index in [1.54, 1.807) is 55.5 Å². The summed E-state index contributed by atoms with van der Waals surface area (Å²) in [7, 11) is -10.3. The molecule has 0 fully saturated rings. The standard InChI is InChI=1S/C31H39N3O10P2/c1-19(2)18-44-26-14-13-24(17-25(26)28(32)35)20(3)34-30(37)27(22-7-5-4-6-8-22)29(36)33-16-15-21-9-11-23(12-10-21)31(45(38,39)40)46(41,42)43/h4-14,17,19-20,27,31H,15-16,18H2,1-3H3,(H2,32,35)(H,33,36)(H,34,37)(H2,38,39,40)(H2,41,42,43)/t20-,27?/m0/s1. The average molecular weight is 676 g/mol. The van der Waals surface area contributed by atoms with Crippen LogP contribution in [0.15, 0.2) is 72.8 Å². The second-order valence-corrected chi connectivity index (χ2v) is 15.0. The number of nitrogens with two attached hydrogens (primary N) is 1. The van der Waals surface area contributed by atoms with Crippen LogP contribution < -0.4 is 21.1 Å². The van der Waals surface area contributed by atoms with Crippen LogP contribution in [0, 0.1) is 5.92 Å². The maximum absolute atomic E-state index is 13.5. The number of carbonyl (C=O) groups excluding carboxylic acids is 3. The Morgan fingerprint density at radius 1 is 0.804 bits per heavy atom. The summed E-state index contributed by atoms with van der Waals surface area (Å²) in [5.41, 5.74) is 7.17. The molecule has 3 rings (SSSR count). The van der Waals surface area contributed by atoms with Gasteiger partial charge in [0, 0.05) is 6.54 Å².